The molecule has 0 saturated heterocycles. The molecule has 0 spiro atoms. The van der Waals surface area contributed by atoms with Gasteiger partial charge in [-0.2, -0.15) is 5.26 Å². The molecule has 0 radical (unpaired) electrons. The van der Waals surface area contributed by atoms with Crippen molar-refractivity contribution in [1.82, 2.24) is 0 Å². The van der Waals surface area contributed by atoms with Crippen molar-refractivity contribution < 1.29 is 28.2 Å². The van der Waals surface area contributed by atoms with Crippen LogP contribution >= 0.6 is 11.8 Å². The summed E-state index contributed by atoms with van der Waals surface area (Å²) in [5.74, 6) is -1.42. The number of hydrogen-bond acceptors (Lipinski definition) is 7. The lowest BCUT2D eigenvalue weighted by molar-refractivity contribution is -0.233. The summed E-state index contributed by atoms with van der Waals surface area (Å²) in [7, 11) is -3.35. The Labute approximate surface area is 105 Å². The van der Waals surface area contributed by atoms with Gasteiger partial charge >= 0.3 is 5.97 Å². The maximum absolute atomic E-state index is 11.5. The van der Waals surface area contributed by atoms with Crippen LogP contribution in [0.15, 0.2) is 0 Å². The molecule has 0 aromatic rings. The first-order valence-corrected chi connectivity index (χ1v) is 7.69. The lowest BCUT2D eigenvalue weighted by Gasteiger charge is -2.08. The molecule has 100 valence electrons. The van der Waals surface area contributed by atoms with E-state index >= 15 is 0 Å². The van der Waals surface area contributed by atoms with Crippen molar-refractivity contribution in [2.24, 2.45) is 0 Å². The topological polar surface area (TPSA) is 97.7 Å². The van der Waals surface area contributed by atoms with E-state index in [-0.39, 0.29) is 28.3 Å². The summed E-state index contributed by atoms with van der Waals surface area (Å²) in [6.45, 7) is 3.19. The minimum Gasteiger partial charge on any atom is -0.301 e. The van der Waals surface area contributed by atoms with Crippen LogP contribution in [0.1, 0.15) is 26.7 Å². The zero-order chi connectivity index (χ0) is 13.5. The van der Waals surface area contributed by atoms with E-state index in [0.29, 0.717) is 6.42 Å². The quantitative estimate of drug-likeness (QED) is 0.547. The summed E-state index contributed by atoms with van der Waals surface area (Å²) >= 11 is 1.09. The van der Waals surface area contributed by atoms with Crippen molar-refractivity contribution in [1.29, 1.82) is 0 Å². The monoisotopic (exact) mass is 284 g/mol. The first-order valence-electron chi connectivity index (χ1n) is 4.98. The minimum absolute atomic E-state index is 0.0567. The van der Waals surface area contributed by atoms with Gasteiger partial charge in [0.25, 0.3) is 0 Å². The summed E-state index contributed by atoms with van der Waals surface area (Å²) in [6, 6.07) is 0. The van der Waals surface area contributed by atoms with Gasteiger partial charge in [-0.25, -0.2) is 13.2 Å². The first kappa shape index (κ1) is 16.4. The van der Waals surface area contributed by atoms with Crippen LogP contribution in [0.2, 0.25) is 0 Å². The third-order valence-corrected chi connectivity index (χ3v) is 4.58. The molecule has 0 aromatic heterocycles. The Kier molecular flexibility index (Phi) is 7.40. The van der Waals surface area contributed by atoms with Gasteiger partial charge in [-0.1, -0.05) is 18.7 Å². The van der Waals surface area contributed by atoms with Crippen molar-refractivity contribution in [3.05, 3.63) is 0 Å². The van der Waals surface area contributed by atoms with Crippen molar-refractivity contribution in [3.8, 4) is 0 Å². The van der Waals surface area contributed by atoms with Crippen LogP contribution in [0.3, 0.4) is 0 Å². The highest BCUT2D eigenvalue weighted by Crippen LogP contribution is 2.15. The van der Waals surface area contributed by atoms with E-state index < -0.39 is 15.8 Å². The minimum atomic E-state index is -3.35. The molecule has 0 heterocycles. The van der Waals surface area contributed by atoms with E-state index in [1.165, 1.54) is 6.92 Å². The third kappa shape index (κ3) is 9.13. The normalized spacial score (nSPS) is 13.1. The van der Waals surface area contributed by atoms with Crippen molar-refractivity contribution in [3.63, 3.8) is 0 Å². The second kappa shape index (κ2) is 7.67. The summed E-state index contributed by atoms with van der Waals surface area (Å²) in [4.78, 5) is 24.7. The van der Waals surface area contributed by atoms with E-state index in [1.54, 1.807) is 6.92 Å². The maximum atomic E-state index is 11.5. The number of sulfone groups is 1. The second-order valence-electron chi connectivity index (χ2n) is 3.57. The number of carbonyl (C=O) groups excluding carboxylic acids is 2. The van der Waals surface area contributed by atoms with Gasteiger partial charge in [0, 0.05) is 12.2 Å². The fourth-order valence-corrected chi connectivity index (χ4v) is 3.42. The van der Waals surface area contributed by atoms with Gasteiger partial charge in [0.2, 0.25) is 0 Å². The summed E-state index contributed by atoms with van der Waals surface area (Å²) in [6.07, 6.45) is -0.0200. The Hall–Kier alpha value is -0.600. The Morgan fingerprint density at radius 2 is 1.94 bits per heavy atom. The fraction of sp³-hybridized carbons (Fsp3) is 0.778. The van der Waals surface area contributed by atoms with Gasteiger partial charge in [-0.15, -0.1) is 0 Å². The molecule has 0 fully saturated rings. The molecular weight excluding hydrogens is 268 g/mol. The molecule has 0 rings (SSSR count). The van der Waals surface area contributed by atoms with E-state index in [1.807, 2.05) is 0 Å². The predicted octanol–water partition coefficient (Wildman–Crippen LogP) is 0.866. The molecular formula is C9H16O6S2. The Morgan fingerprint density at radius 3 is 2.41 bits per heavy atom. The Morgan fingerprint density at radius 1 is 1.35 bits per heavy atom. The molecule has 8 heteroatoms. The van der Waals surface area contributed by atoms with Crippen molar-refractivity contribution in [2.45, 2.75) is 31.9 Å². The highest BCUT2D eigenvalue weighted by atomic mass is 32.2. The van der Waals surface area contributed by atoms with Gasteiger partial charge < -0.3 is 4.89 Å². The predicted molar refractivity (Wildman–Crippen MR) is 64.3 cm³/mol. The SMILES string of the molecule is CC(=O)SC(C)CCS(=O)(=O)CCC(=O)OO. The molecule has 0 aliphatic rings. The molecule has 0 aliphatic carbocycles. The average Bonchev–Trinajstić information content (AvgIpc) is 2.22. The fourth-order valence-electron chi connectivity index (χ4n) is 1.07. The van der Waals surface area contributed by atoms with E-state index in [4.69, 9.17) is 5.26 Å². The second-order valence-corrected chi connectivity index (χ2v) is 7.49. The van der Waals surface area contributed by atoms with Crippen LogP contribution in [0.5, 0.6) is 0 Å². The van der Waals surface area contributed by atoms with Crippen LogP contribution < -0.4 is 0 Å². The van der Waals surface area contributed by atoms with Gasteiger partial charge in [0.1, 0.15) is 0 Å². The number of carbonyl (C=O) groups is 2. The van der Waals surface area contributed by atoms with Crippen LogP contribution in [0.4, 0.5) is 0 Å². The summed E-state index contributed by atoms with van der Waals surface area (Å²) in [5, 5.41) is 7.83. The molecule has 0 aliphatic heterocycles. The van der Waals surface area contributed by atoms with Gasteiger partial charge in [-0.3, -0.25) is 4.79 Å². The molecule has 1 atom stereocenters. The molecule has 0 amide bonds. The van der Waals surface area contributed by atoms with E-state index in [0.717, 1.165) is 11.8 Å². The third-order valence-electron chi connectivity index (χ3n) is 1.92. The number of rotatable bonds is 7. The maximum Gasteiger partial charge on any atom is 0.343 e. The van der Waals surface area contributed by atoms with Gasteiger partial charge in [0.05, 0.1) is 17.9 Å². The number of hydrogen-bond donors (Lipinski definition) is 1. The molecule has 6 nitrogen and oxygen atoms in total. The zero-order valence-corrected chi connectivity index (χ0v) is 11.3. The van der Waals surface area contributed by atoms with Crippen LogP contribution in [0, 0.1) is 0 Å². The molecule has 1 N–H and O–H groups in total. The molecule has 0 bridgehead atoms. The first-order chi connectivity index (χ1) is 7.76. The lowest BCUT2D eigenvalue weighted by atomic mass is 10.4. The van der Waals surface area contributed by atoms with Gasteiger partial charge in [-0.05, 0) is 6.42 Å². The molecule has 0 aromatic carbocycles. The zero-order valence-electron chi connectivity index (χ0n) is 9.71. The molecule has 17 heavy (non-hydrogen) atoms. The highest BCUT2D eigenvalue weighted by molar-refractivity contribution is 8.14. The smallest absolute Gasteiger partial charge is 0.301 e. The Balaban J connectivity index is 4.01. The molecule has 0 saturated carbocycles. The van der Waals surface area contributed by atoms with Gasteiger partial charge in [0.15, 0.2) is 15.0 Å². The largest absolute Gasteiger partial charge is 0.343 e. The standard InChI is InChI=1S/C9H16O6S2/c1-7(16-8(2)10)3-5-17(13,14)6-4-9(11)15-12/h7,12H,3-6H2,1-2H3. The summed E-state index contributed by atoms with van der Waals surface area (Å²) in [5.41, 5.74) is 0. The van der Waals surface area contributed by atoms with E-state index in [9.17, 15) is 18.0 Å². The van der Waals surface area contributed by atoms with Crippen LogP contribution in [0.25, 0.3) is 0 Å². The molecule has 1 unspecified atom stereocenters. The lowest BCUT2D eigenvalue weighted by Crippen LogP contribution is -2.17. The van der Waals surface area contributed by atoms with Crippen LogP contribution in [-0.2, 0) is 24.3 Å². The average molecular weight is 284 g/mol. The Bertz CT molecular complexity index is 362. The number of thioether (sulfide) groups is 1. The van der Waals surface area contributed by atoms with Crippen molar-refractivity contribution >= 4 is 32.7 Å². The summed E-state index contributed by atoms with van der Waals surface area (Å²) < 4.78 is 22.9. The van der Waals surface area contributed by atoms with E-state index in [2.05, 4.69) is 4.89 Å². The van der Waals surface area contributed by atoms with Crippen LogP contribution in [-0.4, -0.2) is 41.5 Å². The highest BCUT2D eigenvalue weighted by Gasteiger charge is 2.16. The van der Waals surface area contributed by atoms with Crippen molar-refractivity contribution in [2.75, 3.05) is 11.5 Å².